The number of ether oxygens (including phenoxy) is 1. The van der Waals surface area contributed by atoms with Crippen molar-refractivity contribution in [3.8, 4) is 0 Å². The summed E-state index contributed by atoms with van der Waals surface area (Å²) < 4.78 is 7.48. The molecule has 154 valence electrons. The second-order valence-corrected chi connectivity index (χ2v) is 6.66. The summed E-state index contributed by atoms with van der Waals surface area (Å²) in [4.78, 5) is 24.0. The molecule has 0 saturated carbocycles. The van der Waals surface area contributed by atoms with E-state index in [-0.39, 0.29) is 5.91 Å². The van der Waals surface area contributed by atoms with E-state index >= 15 is 0 Å². The number of hydrogen-bond donors (Lipinski definition) is 1. The Hall–Kier alpha value is -2.93. The molecular formula is C22H29N5O2. The number of aryl methyl sites for hydroxylation is 1. The lowest BCUT2D eigenvalue weighted by Gasteiger charge is -2.19. The molecule has 3 rings (SSSR count). The van der Waals surface area contributed by atoms with Gasteiger partial charge in [0.25, 0.3) is 5.91 Å². The number of rotatable bonds is 10. The number of aromatic nitrogens is 3. The van der Waals surface area contributed by atoms with Gasteiger partial charge in [0.2, 0.25) is 5.95 Å². The second kappa shape index (κ2) is 10.0. The van der Waals surface area contributed by atoms with Crippen LogP contribution in [0.15, 0.2) is 42.6 Å². The van der Waals surface area contributed by atoms with Gasteiger partial charge in [-0.3, -0.25) is 10.1 Å². The van der Waals surface area contributed by atoms with Crippen molar-refractivity contribution in [3.05, 3.63) is 48.2 Å². The molecule has 0 atom stereocenters. The first kappa shape index (κ1) is 20.8. The Morgan fingerprint density at radius 1 is 1.14 bits per heavy atom. The Balaban J connectivity index is 1.78. The predicted octanol–water partition coefficient (Wildman–Crippen LogP) is 3.96. The largest absolute Gasteiger partial charge is 0.382 e. The molecule has 0 unspecified atom stereocenters. The lowest BCUT2D eigenvalue weighted by Crippen LogP contribution is -2.23. The molecule has 7 heteroatoms. The first-order valence-electron chi connectivity index (χ1n) is 10.2. The van der Waals surface area contributed by atoms with Gasteiger partial charge >= 0.3 is 0 Å². The molecule has 29 heavy (non-hydrogen) atoms. The van der Waals surface area contributed by atoms with Gasteiger partial charge in [-0.25, -0.2) is 9.97 Å². The van der Waals surface area contributed by atoms with Gasteiger partial charge in [-0.1, -0.05) is 12.1 Å². The van der Waals surface area contributed by atoms with Crippen LogP contribution < -0.4 is 10.2 Å². The van der Waals surface area contributed by atoms with E-state index in [9.17, 15) is 4.79 Å². The molecule has 0 aliphatic heterocycles. The number of pyridine rings is 1. The number of benzene rings is 1. The number of anilines is 2. The van der Waals surface area contributed by atoms with E-state index in [0.29, 0.717) is 24.7 Å². The van der Waals surface area contributed by atoms with Crippen molar-refractivity contribution in [3.63, 3.8) is 0 Å². The molecule has 1 aromatic carbocycles. The summed E-state index contributed by atoms with van der Waals surface area (Å²) in [6.07, 6.45) is 2.46. The summed E-state index contributed by atoms with van der Waals surface area (Å²) in [5.74, 6) is 1.19. The first-order chi connectivity index (χ1) is 14.2. The van der Waals surface area contributed by atoms with Crippen LogP contribution in [0.3, 0.4) is 0 Å². The number of carbonyl (C=O) groups is 1. The Bertz CT molecular complexity index is 932. The molecule has 0 aliphatic rings. The van der Waals surface area contributed by atoms with Crippen LogP contribution >= 0.6 is 0 Å². The maximum absolute atomic E-state index is 12.8. The van der Waals surface area contributed by atoms with E-state index in [1.807, 2.05) is 41.8 Å². The SMILES string of the molecule is CCOCCCn1c(NC(=O)c2ccc(N(CC)CC)nc2)nc2ccccc21. The molecule has 3 aromatic rings. The smallest absolute Gasteiger partial charge is 0.259 e. The first-order valence-corrected chi connectivity index (χ1v) is 10.2. The van der Waals surface area contributed by atoms with Crippen molar-refractivity contribution < 1.29 is 9.53 Å². The number of fused-ring (bicyclic) bond motifs is 1. The average molecular weight is 396 g/mol. The van der Waals surface area contributed by atoms with Gasteiger partial charge in [0.05, 0.1) is 16.6 Å². The number of imidazole rings is 1. The van der Waals surface area contributed by atoms with Crippen molar-refractivity contribution in [2.75, 3.05) is 36.5 Å². The number of nitrogens with zero attached hydrogens (tertiary/aromatic N) is 4. The van der Waals surface area contributed by atoms with Crippen LogP contribution in [0.5, 0.6) is 0 Å². The Labute approximate surface area is 171 Å². The van der Waals surface area contributed by atoms with Gasteiger partial charge in [0.1, 0.15) is 5.82 Å². The Kier molecular flexibility index (Phi) is 7.19. The molecule has 0 fully saturated rings. The highest BCUT2D eigenvalue weighted by molar-refractivity contribution is 6.04. The number of para-hydroxylation sites is 2. The quantitative estimate of drug-likeness (QED) is 0.526. The summed E-state index contributed by atoms with van der Waals surface area (Å²) in [6.45, 7) is 10.00. The molecule has 2 aromatic heterocycles. The lowest BCUT2D eigenvalue weighted by atomic mass is 10.2. The van der Waals surface area contributed by atoms with Crippen molar-refractivity contribution in [1.82, 2.24) is 14.5 Å². The van der Waals surface area contributed by atoms with Crippen LogP contribution in [-0.4, -0.2) is 46.7 Å². The van der Waals surface area contributed by atoms with Gasteiger partial charge in [0.15, 0.2) is 0 Å². The molecule has 0 spiro atoms. The van der Waals surface area contributed by atoms with Crippen LogP contribution in [0.1, 0.15) is 37.6 Å². The molecule has 0 bridgehead atoms. The third-order valence-corrected chi connectivity index (χ3v) is 4.85. The van der Waals surface area contributed by atoms with Gasteiger partial charge in [0, 0.05) is 39.0 Å². The Morgan fingerprint density at radius 2 is 1.93 bits per heavy atom. The predicted molar refractivity (Wildman–Crippen MR) is 117 cm³/mol. The number of nitrogens with one attached hydrogen (secondary N) is 1. The standard InChI is InChI=1S/C22H29N5O2/c1-4-26(5-2)20-13-12-17(16-23-20)21(28)25-22-24-18-10-7-8-11-19(18)27(22)14-9-15-29-6-3/h7-8,10-13,16H,4-6,9,14-15H2,1-3H3,(H,24,25,28). The fourth-order valence-corrected chi connectivity index (χ4v) is 3.30. The summed E-state index contributed by atoms with van der Waals surface area (Å²) >= 11 is 0. The third kappa shape index (κ3) is 4.92. The maximum atomic E-state index is 12.8. The van der Waals surface area contributed by atoms with E-state index in [1.54, 1.807) is 12.3 Å². The van der Waals surface area contributed by atoms with Crippen molar-refractivity contribution >= 4 is 28.7 Å². The third-order valence-electron chi connectivity index (χ3n) is 4.85. The van der Waals surface area contributed by atoms with Gasteiger partial charge in [-0.2, -0.15) is 0 Å². The highest BCUT2D eigenvalue weighted by Crippen LogP contribution is 2.21. The van der Waals surface area contributed by atoms with E-state index in [4.69, 9.17) is 4.74 Å². The monoisotopic (exact) mass is 395 g/mol. The number of carbonyl (C=O) groups excluding carboxylic acids is 1. The van der Waals surface area contributed by atoms with Crippen LogP contribution in [0, 0.1) is 0 Å². The molecule has 0 aliphatic carbocycles. The minimum atomic E-state index is -0.218. The van der Waals surface area contributed by atoms with Crippen molar-refractivity contribution in [2.24, 2.45) is 0 Å². The zero-order chi connectivity index (χ0) is 20.6. The number of hydrogen-bond acceptors (Lipinski definition) is 5. The summed E-state index contributed by atoms with van der Waals surface area (Å²) in [5, 5.41) is 2.95. The maximum Gasteiger partial charge on any atom is 0.259 e. The lowest BCUT2D eigenvalue weighted by molar-refractivity contribution is 0.102. The van der Waals surface area contributed by atoms with Gasteiger partial charge in [-0.15, -0.1) is 0 Å². The molecule has 1 amide bonds. The average Bonchev–Trinajstić information content (AvgIpc) is 3.09. The highest BCUT2D eigenvalue weighted by Gasteiger charge is 2.15. The summed E-state index contributed by atoms with van der Waals surface area (Å²) in [7, 11) is 0. The van der Waals surface area contributed by atoms with Gasteiger partial charge < -0.3 is 14.2 Å². The van der Waals surface area contributed by atoms with Crippen LogP contribution in [-0.2, 0) is 11.3 Å². The molecule has 1 N–H and O–H groups in total. The van der Waals surface area contributed by atoms with Crippen LogP contribution in [0.2, 0.25) is 0 Å². The minimum absolute atomic E-state index is 0.218. The van der Waals surface area contributed by atoms with Gasteiger partial charge in [-0.05, 0) is 51.5 Å². The molecule has 0 radical (unpaired) electrons. The van der Waals surface area contributed by atoms with Crippen molar-refractivity contribution in [1.29, 1.82) is 0 Å². The second-order valence-electron chi connectivity index (χ2n) is 6.66. The van der Waals surface area contributed by atoms with E-state index in [0.717, 1.165) is 42.9 Å². The van der Waals surface area contributed by atoms with E-state index in [2.05, 4.69) is 34.0 Å². The topological polar surface area (TPSA) is 72.3 Å². The molecule has 2 heterocycles. The number of amides is 1. The zero-order valence-corrected chi connectivity index (χ0v) is 17.4. The van der Waals surface area contributed by atoms with E-state index in [1.165, 1.54) is 0 Å². The summed E-state index contributed by atoms with van der Waals surface area (Å²) in [6, 6.07) is 11.6. The molecule has 7 nitrogen and oxygen atoms in total. The fourth-order valence-electron chi connectivity index (χ4n) is 3.30. The normalized spacial score (nSPS) is 11.0. The minimum Gasteiger partial charge on any atom is -0.382 e. The zero-order valence-electron chi connectivity index (χ0n) is 17.4. The summed E-state index contributed by atoms with van der Waals surface area (Å²) in [5.41, 5.74) is 2.36. The highest BCUT2D eigenvalue weighted by atomic mass is 16.5. The molecule has 0 saturated heterocycles. The Morgan fingerprint density at radius 3 is 2.62 bits per heavy atom. The van der Waals surface area contributed by atoms with E-state index < -0.39 is 0 Å². The van der Waals surface area contributed by atoms with Crippen molar-refractivity contribution in [2.45, 2.75) is 33.7 Å². The molecular weight excluding hydrogens is 366 g/mol. The van der Waals surface area contributed by atoms with Crippen LogP contribution in [0.4, 0.5) is 11.8 Å². The fraction of sp³-hybridized carbons (Fsp3) is 0.409. The van der Waals surface area contributed by atoms with Crippen LogP contribution in [0.25, 0.3) is 11.0 Å².